The fraction of sp³-hybridized carbons (Fsp3) is 0.467. The summed E-state index contributed by atoms with van der Waals surface area (Å²) in [5, 5.41) is -0.0310. The van der Waals surface area contributed by atoms with Gasteiger partial charge in [0.2, 0.25) is 5.96 Å². The molecule has 0 aromatic heterocycles. The molecule has 0 aliphatic carbocycles. The van der Waals surface area contributed by atoms with Crippen LogP contribution in [0.2, 0.25) is 5.02 Å². The van der Waals surface area contributed by atoms with Crippen LogP contribution in [0.25, 0.3) is 0 Å². The van der Waals surface area contributed by atoms with Crippen molar-refractivity contribution in [3.8, 4) is 0 Å². The molecule has 2 aliphatic rings. The molecule has 0 radical (unpaired) electrons. The lowest BCUT2D eigenvalue weighted by atomic mass is 10.1. The molecule has 1 fully saturated rings. The number of aliphatic imine (C=N–C) groups is 1. The molecule has 6 heteroatoms. The first-order chi connectivity index (χ1) is 10.2. The molecule has 1 aromatic carbocycles. The van der Waals surface area contributed by atoms with E-state index >= 15 is 0 Å². The molecule has 0 N–H and O–H groups in total. The van der Waals surface area contributed by atoms with Crippen LogP contribution in [0.4, 0.5) is 4.39 Å². The summed E-state index contributed by atoms with van der Waals surface area (Å²) < 4.78 is 13.2. The van der Waals surface area contributed by atoms with E-state index in [0.29, 0.717) is 18.7 Å². The maximum atomic E-state index is 13.2. The number of benzene rings is 1. The molecule has 0 bridgehead atoms. The van der Waals surface area contributed by atoms with E-state index in [4.69, 9.17) is 11.6 Å². The summed E-state index contributed by atoms with van der Waals surface area (Å²) >= 11 is 5.76. The topological polar surface area (TPSA) is 35.9 Å². The van der Waals surface area contributed by atoms with E-state index < -0.39 is 5.82 Å². The van der Waals surface area contributed by atoms with Crippen LogP contribution in [0.5, 0.6) is 0 Å². The zero-order chi connectivity index (χ0) is 14.8. The van der Waals surface area contributed by atoms with E-state index in [1.165, 1.54) is 24.6 Å². The van der Waals surface area contributed by atoms with Crippen molar-refractivity contribution in [2.45, 2.75) is 19.3 Å². The summed E-state index contributed by atoms with van der Waals surface area (Å²) in [6.07, 6.45) is 3.48. The van der Waals surface area contributed by atoms with Crippen molar-refractivity contribution in [3.05, 3.63) is 34.6 Å². The van der Waals surface area contributed by atoms with Gasteiger partial charge in [0.15, 0.2) is 0 Å². The Morgan fingerprint density at radius 2 is 1.95 bits per heavy atom. The molecule has 1 aromatic rings. The maximum Gasteiger partial charge on any atom is 0.260 e. The van der Waals surface area contributed by atoms with Crippen LogP contribution in [0.1, 0.15) is 29.6 Å². The lowest BCUT2D eigenvalue weighted by Gasteiger charge is -2.32. The molecular formula is C15H17ClFN3O. The third-order valence-electron chi connectivity index (χ3n) is 3.87. The smallest absolute Gasteiger partial charge is 0.260 e. The first-order valence-corrected chi connectivity index (χ1v) is 7.61. The van der Waals surface area contributed by atoms with Crippen molar-refractivity contribution in [1.82, 2.24) is 9.80 Å². The summed E-state index contributed by atoms with van der Waals surface area (Å²) in [6, 6.07) is 4.07. The summed E-state index contributed by atoms with van der Waals surface area (Å²) in [4.78, 5) is 20.9. The molecule has 0 spiro atoms. The molecule has 0 unspecified atom stereocenters. The van der Waals surface area contributed by atoms with Crippen LogP contribution in [0.15, 0.2) is 23.2 Å². The Hall–Kier alpha value is -1.62. The molecule has 3 rings (SSSR count). The van der Waals surface area contributed by atoms with Crippen LogP contribution in [-0.4, -0.2) is 47.8 Å². The van der Waals surface area contributed by atoms with E-state index in [1.54, 1.807) is 4.90 Å². The molecule has 0 atom stereocenters. The zero-order valence-corrected chi connectivity index (χ0v) is 12.4. The highest BCUT2D eigenvalue weighted by Crippen LogP contribution is 2.20. The molecule has 21 heavy (non-hydrogen) atoms. The molecule has 0 saturated carbocycles. The number of guanidine groups is 1. The Balaban J connectivity index is 1.80. The van der Waals surface area contributed by atoms with Gasteiger partial charge in [-0.2, -0.15) is 0 Å². The summed E-state index contributed by atoms with van der Waals surface area (Å²) in [7, 11) is 0. The van der Waals surface area contributed by atoms with Crippen molar-refractivity contribution in [3.63, 3.8) is 0 Å². The largest absolute Gasteiger partial charge is 0.342 e. The van der Waals surface area contributed by atoms with Crippen molar-refractivity contribution in [2.75, 3.05) is 26.2 Å². The highest BCUT2D eigenvalue weighted by atomic mass is 35.5. The van der Waals surface area contributed by atoms with Gasteiger partial charge < -0.3 is 4.90 Å². The quantitative estimate of drug-likeness (QED) is 0.800. The average Bonchev–Trinajstić information content (AvgIpc) is 2.99. The van der Waals surface area contributed by atoms with Crippen LogP contribution in [-0.2, 0) is 0 Å². The first kappa shape index (κ1) is 14.3. The second-order valence-corrected chi connectivity index (χ2v) is 5.72. The van der Waals surface area contributed by atoms with Crippen LogP contribution in [0.3, 0.4) is 0 Å². The van der Waals surface area contributed by atoms with Gasteiger partial charge in [-0.25, -0.2) is 4.39 Å². The number of nitrogens with zero attached hydrogens (tertiary/aromatic N) is 3. The van der Waals surface area contributed by atoms with Crippen molar-refractivity contribution < 1.29 is 9.18 Å². The number of carbonyl (C=O) groups is 1. The molecule has 2 heterocycles. The standard InChI is InChI=1S/C15H17ClFN3O/c16-12-10-11(4-5-13(12)17)14(21)20-9-6-18-15(20)19-7-2-1-3-8-19/h4-5,10H,1-3,6-9H2. The van der Waals surface area contributed by atoms with E-state index in [2.05, 4.69) is 9.89 Å². The summed E-state index contributed by atoms with van der Waals surface area (Å²) in [5.74, 6) is 0.0680. The molecule has 112 valence electrons. The van der Waals surface area contributed by atoms with Crippen LogP contribution < -0.4 is 0 Å². The maximum absolute atomic E-state index is 13.2. The predicted octanol–water partition coefficient (Wildman–Crippen LogP) is 2.78. The van der Waals surface area contributed by atoms with Gasteiger partial charge in [-0.05, 0) is 37.5 Å². The highest BCUT2D eigenvalue weighted by molar-refractivity contribution is 6.31. The normalized spacial score (nSPS) is 18.9. The highest BCUT2D eigenvalue weighted by Gasteiger charge is 2.29. The lowest BCUT2D eigenvalue weighted by molar-refractivity contribution is 0.0841. The van der Waals surface area contributed by atoms with Crippen molar-refractivity contribution in [1.29, 1.82) is 0 Å². The number of hydrogen-bond acceptors (Lipinski definition) is 3. The SMILES string of the molecule is O=C(c1ccc(F)c(Cl)c1)N1CCN=C1N1CCCCC1. The van der Waals surface area contributed by atoms with Gasteiger partial charge in [-0.3, -0.25) is 14.7 Å². The Morgan fingerprint density at radius 3 is 2.67 bits per heavy atom. The van der Waals surface area contributed by atoms with E-state index in [1.807, 2.05) is 0 Å². The fourth-order valence-corrected chi connectivity index (χ4v) is 2.96. The van der Waals surface area contributed by atoms with E-state index in [0.717, 1.165) is 31.9 Å². The van der Waals surface area contributed by atoms with Gasteiger partial charge in [-0.1, -0.05) is 11.6 Å². The summed E-state index contributed by atoms with van der Waals surface area (Å²) in [5.41, 5.74) is 0.396. The van der Waals surface area contributed by atoms with Gasteiger partial charge in [0.1, 0.15) is 5.82 Å². The lowest BCUT2D eigenvalue weighted by Crippen LogP contribution is -2.46. The first-order valence-electron chi connectivity index (χ1n) is 7.23. The van der Waals surface area contributed by atoms with Gasteiger partial charge in [0.25, 0.3) is 5.91 Å². The number of amides is 1. The second-order valence-electron chi connectivity index (χ2n) is 5.32. The van der Waals surface area contributed by atoms with Crippen LogP contribution in [0, 0.1) is 5.82 Å². The predicted molar refractivity (Wildman–Crippen MR) is 80.2 cm³/mol. The van der Waals surface area contributed by atoms with Crippen LogP contribution >= 0.6 is 11.6 Å². The number of carbonyl (C=O) groups excluding carboxylic acids is 1. The zero-order valence-electron chi connectivity index (χ0n) is 11.7. The minimum Gasteiger partial charge on any atom is -0.342 e. The Bertz CT molecular complexity index is 584. The molecule has 4 nitrogen and oxygen atoms in total. The number of piperidine rings is 1. The number of likely N-dealkylation sites (tertiary alicyclic amines) is 1. The number of halogens is 2. The third kappa shape index (κ3) is 2.88. The molecule has 1 saturated heterocycles. The minimum atomic E-state index is -0.514. The average molecular weight is 310 g/mol. The van der Waals surface area contributed by atoms with Crippen molar-refractivity contribution in [2.24, 2.45) is 4.99 Å². The molecule has 1 amide bonds. The molecule has 2 aliphatic heterocycles. The minimum absolute atomic E-state index is 0.0310. The van der Waals surface area contributed by atoms with Crippen molar-refractivity contribution >= 4 is 23.5 Å². The third-order valence-corrected chi connectivity index (χ3v) is 4.16. The van der Waals surface area contributed by atoms with E-state index in [9.17, 15) is 9.18 Å². The number of hydrogen-bond donors (Lipinski definition) is 0. The Morgan fingerprint density at radius 1 is 1.19 bits per heavy atom. The summed E-state index contributed by atoms with van der Waals surface area (Å²) in [6.45, 7) is 3.06. The van der Waals surface area contributed by atoms with Gasteiger partial charge in [0.05, 0.1) is 11.6 Å². The monoisotopic (exact) mass is 309 g/mol. The van der Waals surface area contributed by atoms with Gasteiger partial charge in [0, 0.05) is 25.2 Å². The Kier molecular flexibility index (Phi) is 4.10. The Labute approximate surface area is 128 Å². The van der Waals surface area contributed by atoms with Gasteiger partial charge >= 0.3 is 0 Å². The number of rotatable bonds is 1. The van der Waals surface area contributed by atoms with Gasteiger partial charge in [-0.15, -0.1) is 0 Å². The molecular weight excluding hydrogens is 293 g/mol. The fourth-order valence-electron chi connectivity index (χ4n) is 2.78. The van der Waals surface area contributed by atoms with E-state index in [-0.39, 0.29) is 10.9 Å². The second kappa shape index (κ2) is 6.02.